The molecule has 1 amide bonds. The summed E-state index contributed by atoms with van der Waals surface area (Å²) in [5.41, 5.74) is 0.962. The molecule has 1 aliphatic heterocycles. The molecule has 4 heteroatoms. The lowest BCUT2D eigenvalue weighted by molar-refractivity contribution is -0.143. The third-order valence-electron chi connectivity index (χ3n) is 4.31. The number of halogens is 1. The molecule has 0 spiro atoms. The second-order valence-corrected chi connectivity index (χ2v) is 7.02. The Morgan fingerprint density at radius 1 is 1.48 bits per heavy atom. The number of carbonyl (C=O) groups excluding carboxylic acids is 1. The minimum absolute atomic E-state index is 0.201. The van der Waals surface area contributed by atoms with Crippen molar-refractivity contribution in [1.82, 2.24) is 10.2 Å². The van der Waals surface area contributed by atoms with Crippen molar-refractivity contribution in [2.24, 2.45) is 5.41 Å². The summed E-state index contributed by atoms with van der Waals surface area (Å²) in [5.74, 6) is 0.288. The molecule has 116 valence electrons. The van der Waals surface area contributed by atoms with Crippen molar-refractivity contribution in [3.63, 3.8) is 0 Å². The van der Waals surface area contributed by atoms with Crippen molar-refractivity contribution in [1.29, 1.82) is 0 Å². The molecule has 1 N–H and O–H groups in total. The van der Waals surface area contributed by atoms with Crippen LogP contribution in [0.1, 0.15) is 38.2 Å². The Bertz CT molecular complexity index is 478. The Labute approximate surface area is 136 Å². The van der Waals surface area contributed by atoms with Crippen molar-refractivity contribution < 1.29 is 4.79 Å². The van der Waals surface area contributed by atoms with Crippen molar-refractivity contribution in [3.8, 4) is 0 Å². The van der Waals surface area contributed by atoms with Crippen LogP contribution in [0.5, 0.6) is 0 Å². The zero-order valence-corrected chi connectivity index (χ0v) is 14.6. The van der Waals surface area contributed by atoms with Gasteiger partial charge in [0.15, 0.2) is 0 Å². The molecule has 0 bridgehead atoms. The normalized spacial score (nSPS) is 22.0. The van der Waals surface area contributed by atoms with Gasteiger partial charge in [0.1, 0.15) is 0 Å². The van der Waals surface area contributed by atoms with E-state index in [-0.39, 0.29) is 11.3 Å². The smallest absolute Gasteiger partial charge is 0.230 e. The molecule has 1 aromatic rings. The van der Waals surface area contributed by atoms with Gasteiger partial charge in [0.25, 0.3) is 0 Å². The molecule has 3 nitrogen and oxygen atoms in total. The van der Waals surface area contributed by atoms with E-state index < -0.39 is 0 Å². The fourth-order valence-electron chi connectivity index (χ4n) is 3.34. The predicted molar refractivity (Wildman–Crippen MR) is 90.1 cm³/mol. The maximum absolute atomic E-state index is 13.0. The molecule has 0 aliphatic carbocycles. The zero-order chi connectivity index (χ0) is 15.3. The standard InChI is InChI=1S/C17H25BrN2O/c1-3-8-17(9-5-10-19-13-17)16(21)20(2)12-14-6-4-7-15(18)11-14/h4,6-7,11,19H,3,5,8-10,12-13H2,1-2H3. The van der Waals surface area contributed by atoms with Gasteiger partial charge in [-0.15, -0.1) is 0 Å². The van der Waals surface area contributed by atoms with Gasteiger partial charge < -0.3 is 10.2 Å². The van der Waals surface area contributed by atoms with Crippen LogP contribution in [0, 0.1) is 5.41 Å². The van der Waals surface area contributed by atoms with Crippen molar-refractivity contribution >= 4 is 21.8 Å². The summed E-state index contributed by atoms with van der Waals surface area (Å²) in [6.45, 7) is 4.69. The summed E-state index contributed by atoms with van der Waals surface area (Å²) in [6.07, 6.45) is 4.13. The van der Waals surface area contributed by atoms with E-state index in [1.165, 1.54) is 0 Å². The van der Waals surface area contributed by atoms with E-state index in [1.54, 1.807) is 0 Å². The fraction of sp³-hybridized carbons (Fsp3) is 0.588. The van der Waals surface area contributed by atoms with E-state index in [0.717, 1.165) is 48.8 Å². The molecule has 0 aromatic heterocycles. The van der Waals surface area contributed by atoms with Gasteiger partial charge in [-0.25, -0.2) is 0 Å². The summed E-state index contributed by atoms with van der Waals surface area (Å²) in [6, 6.07) is 8.17. The molecule has 1 aliphatic rings. The minimum atomic E-state index is -0.201. The number of rotatable bonds is 5. The van der Waals surface area contributed by atoms with Crippen molar-refractivity contribution in [2.45, 2.75) is 39.2 Å². The molecule has 1 atom stereocenters. The Hall–Kier alpha value is -0.870. The Balaban J connectivity index is 2.09. The lowest BCUT2D eigenvalue weighted by Gasteiger charge is -2.39. The fourth-order valence-corrected chi connectivity index (χ4v) is 3.78. The number of piperidine rings is 1. The van der Waals surface area contributed by atoms with E-state index in [9.17, 15) is 4.79 Å². The van der Waals surface area contributed by atoms with Gasteiger partial charge in [-0.3, -0.25) is 4.79 Å². The number of benzene rings is 1. The molecular weight excluding hydrogens is 328 g/mol. The molecule has 1 unspecified atom stereocenters. The number of nitrogens with one attached hydrogen (secondary N) is 1. The first-order valence-electron chi connectivity index (χ1n) is 7.78. The summed E-state index contributed by atoms with van der Waals surface area (Å²) in [7, 11) is 1.93. The highest BCUT2D eigenvalue weighted by Crippen LogP contribution is 2.34. The second kappa shape index (κ2) is 7.41. The molecular formula is C17H25BrN2O. The number of hydrogen-bond acceptors (Lipinski definition) is 2. The van der Waals surface area contributed by atoms with Crippen LogP contribution in [0.25, 0.3) is 0 Å². The maximum atomic E-state index is 13.0. The van der Waals surface area contributed by atoms with Gasteiger partial charge in [-0.2, -0.15) is 0 Å². The SMILES string of the molecule is CCCC1(C(=O)N(C)Cc2cccc(Br)c2)CCCNC1. The van der Waals surface area contributed by atoms with Gasteiger partial charge in [0, 0.05) is 24.6 Å². The van der Waals surface area contributed by atoms with Crippen molar-refractivity contribution in [3.05, 3.63) is 34.3 Å². The summed E-state index contributed by atoms with van der Waals surface area (Å²) in [4.78, 5) is 14.9. The van der Waals surface area contributed by atoms with Gasteiger partial charge in [0.05, 0.1) is 5.41 Å². The maximum Gasteiger partial charge on any atom is 0.230 e. The van der Waals surface area contributed by atoms with E-state index in [0.29, 0.717) is 6.54 Å². The number of nitrogens with zero attached hydrogens (tertiary/aromatic N) is 1. The van der Waals surface area contributed by atoms with Gasteiger partial charge >= 0.3 is 0 Å². The Morgan fingerprint density at radius 3 is 2.90 bits per heavy atom. The first-order chi connectivity index (χ1) is 10.1. The second-order valence-electron chi connectivity index (χ2n) is 6.10. The summed E-state index contributed by atoms with van der Waals surface area (Å²) in [5, 5.41) is 3.41. The molecule has 1 heterocycles. The monoisotopic (exact) mass is 352 g/mol. The average molecular weight is 353 g/mol. The lowest BCUT2D eigenvalue weighted by atomic mass is 9.75. The number of carbonyl (C=O) groups is 1. The first-order valence-corrected chi connectivity index (χ1v) is 8.57. The lowest BCUT2D eigenvalue weighted by Crippen LogP contribution is -2.50. The van der Waals surface area contributed by atoms with Gasteiger partial charge in [-0.1, -0.05) is 41.4 Å². The van der Waals surface area contributed by atoms with Crippen LogP contribution in [0.3, 0.4) is 0 Å². The Kier molecular flexibility index (Phi) is 5.82. The molecule has 0 radical (unpaired) electrons. The van der Waals surface area contributed by atoms with Crippen LogP contribution < -0.4 is 5.32 Å². The van der Waals surface area contributed by atoms with Crippen LogP contribution in [0.4, 0.5) is 0 Å². The molecule has 2 rings (SSSR count). The highest BCUT2D eigenvalue weighted by atomic mass is 79.9. The summed E-state index contributed by atoms with van der Waals surface area (Å²) < 4.78 is 1.06. The van der Waals surface area contributed by atoms with Crippen molar-refractivity contribution in [2.75, 3.05) is 20.1 Å². The highest BCUT2D eigenvalue weighted by molar-refractivity contribution is 9.10. The van der Waals surface area contributed by atoms with Crippen LogP contribution in [0.2, 0.25) is 0 Å². The zero-order valence-electron chi connectivity index (χ0n) is 13.0. The minimum Gasteiger partial charge on any atom is -0.341 e. The van der Waals surface area contributed by atoms with E-state index in [4.69, 9.17) is 0 Å². The summed E-state index contributed by atoms with van der Waals surface area (Å²) >= 11 is 3.49. The van der Waals surface area contributed by atoms with Crippen LogP contribution in [-0.4, -0.2) is 30.9 Å². The third-order valence-corrected chi connectivity index (χ3v) is 4.80. The molecule has 1 saturated heterocycles. The highest BCUT2D eigenvalue weighted by Gasteiger charge is 2.40. The predicted octanol–water partition coefficient (Wildman–Crippen LogP) is 3.58. The largest absolute Gasteiger partial charge is 0.341 e. The molecule has 21 heavy (non-hydrogen) atoms. The van der Waals surface area contributed by atoms with Gasteiger partial charge in [-0.05, 0) is 43.5 Å². The van der Waals surface area contributed by atoms with E-state index in [1.807, 2.05) is 24.1 Å². The average Bonchev–Trinajstić information content (AvgIpc) is 2.47. The molecule has 0 saturated carbocycles. The third kappa shape index (κ3) is 4.07. The Morgan fingerprint density at radius 2 is 2.29 bits per heavy atom. The quantitative estimate of drug-likeness (QED) is 0.878. The van der Waals surface area contributed by atoms with Gasteiger partial charge in [0.2, 0.25) is 5.91 Å². The molecule has 1 fully saturated rings. The van der Waals surface area contributed by atoms with Crippen LogP contribution >= 0.6 is 15.9 Å². The van der Waals surface area contributed by atoms with E-state index in [2.05, 4.69) is 40.3 Å². The van der Waals surface area contributed by atoms with Crippen LogP contribution in [0.15, 0.2) is 28.7 Å². The first kappa shape index (κ1) is 16.5. The molecule has 1 aromatic carbocycles. The number of amides is 1. The van der Waals surface area contributed by atoms with Crippen LogP contribution in [-0.2, 0) is 11.3 Å². The topological polar surface area (TPSA) is 32.3 Å². The van der Waals surface area contributed by atoms with E-state index >= 15 is 0 Å². The number of hydrogen-bond donors (Lipinski definition) is 1.